The molecule has 1 aromatic carbocycles. The molecule has 0 fully saturated rings. The first kappa shape index (κ1) is 15.3. The Bertz CT molecular complexity index is 798. The van der Waals surface area contributed by atoms with Gasteiger partial charge in [-0.1, -0.05) is 13.3 Å². The molecule has 5 heteroatoms. The molecule has 0 bridgehead atoms. The number of nitrogens with zero attached hydrogens (tertiary/aromatic N) is 3. The molecule has 118 valence electrons. The lowest BCUT2D eigenvalue weighted by Gasteiger charge is -2.10. The van der Waals surface area contributed by atoms with E-state index in [1.807, 2.05) is 12.1 Å². The third-order valence-corrected chi connectivity index (χ3v) is 3.67. The Labute approximate surface area is 133 Å². The first-order valence-electron chi connectivity index (χ1n) is 7.62. The lowest BCUT2D eigenvalue weighted by Crippen LogP contribution is -2.00. The van der Waals surface area contributed by atoms with Crippen molar-refractivity contribution in [2.75, 3.05) is 0 Å². The highest BCUT2D eigenvalue weighted by Gasteiger charge is 2.11. The molecule has 0 aliphatic heterocycles. The van der Waals surface area contributed by atoms with Crippen LogP contribution in [0.2, 0.25) is 0 Å². The molecule has 0 saturated heterocycles. The maximum absolute atomic E-state index is 14.1. The van der Waals surface area contributed by atoms with Gasteiger partial charge in [0.05, 0.1) is 5.69 Å². The number of unbranched alkanes of at least 4 members (excludes halogenated alkanes) is 1. The highest BCUT2D eigenvalue weighted by molar-refractivity contribution is 5.62. The van der Waals surface area contributed by atoms with Crippen molar-refractivity contribution in [3.05, 3.63) is 66.3 Å². The summed E-state index contributed by atoms with van der Waals surface area (Å²) in [6, 6.07) is 7.39. The fraction of sp³-hybridized carbons (Fsp3) is 0.222. The minimum absolute atomic E-state index is 0.297. The highest BCUT2D eigenvalue weighted by Crippen LogP contribution is 2.25. The van der Waals surface area contributed by atoms with E-state index in [2.05, 4.69) is 16.9 Å². The monoisotopic (exact) mass is 313 g/mol. The Hall–Kier alpha value is -2.56. The average molecular weight is 313 g/mol. The Morgan fingerprint density at radius 3 is 2.70 bits per heavy atom. The van der Waals surface area contributed by atoms with Gasteiger partial charge in [0.1, 0.15) is 23.8 Å². The second-order valence-corrected chi connectivity index (χ2v) is 5.42. The third kappa shape index (κ3) is 3.44. The Morgan fingerprint density at radius 1 is 1.13 bits per heavy atom. The molecule has 3 nitrogen and oxygen atoms in total. The molecular weight excluding hydrogens is 296 g/mol. The minimum atomic E-state index is -0.610. The number of rotatable bonds is 5. The molecule has 0 radical (unpaired) electrons. The number of imidazole rings is 1. The molecule has 0 N–H and O–H groups in total. The number of aryl methyl sites for hydroxylation is 1. The van der Waals surface area contributed by atoms with Crippen molar-refractivity contribution in [1.82, 2.24) is 14.5 Å². The van der Waals surface area contributed by atoms with Gasteiger partial charge in [-0.25, -0.2) is 18.7 Å². The van der Waals surface area contributed by atoms with Crippen LogP contribution < -0.4 is 0 Å². The van der Waals surface area contributed by atoms with E-state index in [1.165, 1.54) is 12.1 Å². The van der Waals surface area contributed by atoms with Crippen molar-refractivity contribution >= 4 is 0 Å². The van der Waals surface area contributed by atoms with Crippen LogP contribution in [-0.2, 0) is 6.42 Å². The van der Waals surface area contributed by atoms with Crippen LogP contribution in [-0.4, -0.2) is 14.5 Å². The maximum Gasteiger partial charge on any atom is 0.138 e. The molecule has 0 aliphatic rings. The minimum Gasteiger partial charge on any atom is -0.291 e. The quantitative estimate of drug-likeness (QED) is 0.691. The lowest BCUT2D eigenvalue weighted by molar-refractivity contribution is 0.585. The first-order valence-corrected chi connectivity index (χ1v) is 7.62. The summed E-state index contributed by atoms with van der Waals surface area (Å²) >= 11 is 0. The van der Waals surface area contributed by atoms with Gasteiger partial charge in [0, 0.05) is 24.0 Å². The number of benzene rings is 1. The summed E-state index contributed by atoms with van der Waals surface area (Å²) in [5.41, 5.74) is 1.87. The Kier molecular flexibility index (Phi) is 4.46. The van der Waals surface area contributed by atoms with Crippen molar-refractivity contribution in [1.29, 1.82) is 0 Å². The van der Waals surface area contributed by atoms with E-state index in [4.69, 9.17) is 0 Å². The molecule has 3 aromatic rings. The number of pyridine rings is 1. The number of halogens is 2. The summed E-state index contributed by atoms with van der Waals surface area (Å²) in [7, 11) is 0. The van der Waals surface area contributed by atoms with Crippen LogP contribution >= 0.6 is 0 Å². The SMILES string of the molecule is CCCCc1cc(-c2ccc(F)cc2F)nc(-n2ccnc2)c1. The number of hydrogen-bond acceptors (Lipinski definition) is 2. The van der Waals surface area contributed by atoms with Gasteiger partial charge in [-0.2, -0.15) is 0 Å². The first-order chi connectivity index (χ1) is 11.2. The van der Waals surface area contributed by atoms with Gasteiger partial charge in [0.15, 0.2) is 0 Å². The van der Waals surface area contributed by atoms with Crippen molar-refractivity contribution in [3.63, 3.8) is 0 Å². The third-order valence-electron chi connectivity index (χ3n) is 3.67. The highest BCUT2D eigenvalue weighted by atomic mass is 19.1. The summed E-state index contributed by atoms with van der Waals surface area (Å²) in [5.74, 6) is -0.528. The van der Waals surface area contributed by atoms with Gasteiger partial charge < -0.3 is 0 Å². The van der Waals surface area contributed by atoms with Gasteiger partial charge >= 0.3 is 0 Å². The van der Waals surface area contributed by atoms with Crippen LogP contribution in [0.25, 0.3) is 17.1 Å². The standard InChI is InChI=1S/C18H17F2N3/c1-2-3-4-13-9-17(15-6-5-14(19)11-16(15)20)22-18(10-13)23-8-7-21-12-23/h5-12H,2-4H2,1H3. The van der Waals surface area contributed by atoms with Crippen molar-refractivity contribution < 1.29 is 8.78 Å². The smallest absolute Gasteiger partial charge is 0.138 e. The molecule has 2 aromatic heterocycles. The van der Waals surface area contributed by atoms with Crippen molar-refractivity contribution in [2.24, 2.45) is 0 Å². The van der Waals surface area contributed by atoms with Crippen LogP contribution in [0.3, 0.4) is 0 Å². The molecule has 0 atom stereocenters. The number of aromatic nitrogens is 3. The lowest BCUT2D eigenvalue weighted by atomic mass is 10.0. The molecule has 0 amide bonds. The summed E-state index contributed by atoms with van der Waals surface area (Å²) < 4.78 is 29.0. The summed E-state index contributed by atoms with van der Waals surface area (Å²) in [6.07, 6.45) is 8.10. The van der Waals surface area contributed by atoms with Gasteiger partial charge in [-0.15, -0.1) is 0 Å². The zero-order valence-corrected chi connectivity index (χ0v) is 12.8. The average Bonchev–Trinajstić information content (AvgIpc) is 3.07. The zero-order chi connectivity index (χ0) is 16.2. The predicted molar refractivity (Wildman–Crippen MR) is 85.3 cm³/mol. The Morgan fingerprint density at radius 2 is 2.00 bits per heavy atom. The fourth-order valence-electron chi connectivity index (χ4n) is 2.46. The molecule has 0 aliphatic carbocycles. The van der Waals surface area contributed by atoms with Crippen molar-refractivity contribution in [3.8, 4) is 17.1 Å². The molecule has 3 rings (SSSR count). The second-order valence-electron chi connectivity index (χ2n) is 5.42. The fourth-order valence-corrected chi connectivity index (χ4v) is 2.46. The second kappa shape index (κ2) is 6.69. The van der Waals surface area contributed by atoms with Crippen LogP contribution in [0.1, 0.15) is 25.3 Å². The van der Waals surface area contributed by atoms with Crippen LogP contribution in [0.5, 0.6) is 0 Å². The summed E-state index contributed by atoms with van der Waals surface area (Å²) in [6.45, 7) is 2.12. The Balaban J connectivity index is 2.09. The van der Waals surface area contributed by atoms with Crippen molar-refractivity contribution in [2.45, 2.75) is 26.2 Å². The van der Waals surface area contributed by atoms with E-state index in [0.29, 0.717) is 17.1 Å². The largest absolute Gasteiger partial charge is 0.291 e. The van der Waals surface area contributed by atoms with E-state index in [0.717, 1.165) is 30.9 Å². The van der Waals surface area contributed by atoms with Crippen LogP contribution in [0, 0.1) is 11.6 Å². The predicted octanol–water partition coefficient (Wildman–Crippen LogP) is 4.56. The molecular formula is C18H17F2N3. The maximum atomic E-state index is 14.1. The van der Waals surface area contributed by atoms with E-state index in [-0.39, 0.29) is 0 Å². The zero-order valence-electron chi connectivity index (χ0n) is 12.8. The molecule has 0 spiro atoms. The molecule has 0 unspecified atom stereocenters. The molecule has 0 saturated carbocycles. The van der Waals surface area contributed by atoms with Gasteiger partial charge in [0.25, 0.3) is 0 Å². The van der Waals surface area contributed by atoms with Gasteiger partial charge in [-0.3, -0.25) is 4.57 Å². The molecule has 2 heterocycles. The topological polar surface area (TPSA) is 30.7 Å². The van der Waals surface area contributed by atoms with E-state index >= 15 is 0 Å². The van der Waals surface area contributed by atoms with E-state index in [1.54, 1.807) is 23.3 Å². The van der Waals surface area contributed by atoms with E-state index < -0.39 is 11.6 Å². The van der Waals surface area contributed by atoms with Gasteiger partial charge in [-0.05, 0) is 42.7 Å². The summed E-state index contributed by atoms with van der Waals surface area (Å²) in [5, 5.41) is 0. The van der Waals surface area contributed by atoms with Gasteiger partial charge in [0.2, 0.25) is 0 Å². The number of hydrogen-bond donors (Lipinski definition) is 0. The summed E-state index contributed by atoms with van der Waals surface area (Å²) in [4.78, 5) is 8.53. The molecule has 23 heavy (non-hydrogen) atoms. The van der Waals surface area contributed by atoms with Crippen LogP contribution in [0.4, 0.5) is 8.78 Å². The normalized spacial score (nSPS) is 10.9. The van der Waals surface area contributed by atoms with Crippen LogP contribution in [0.15, 0.2) is 49.1 Å². The van der Waals surface area contributed by atoms with E-state index in [9.17, 15) is 8.78 Å².